The van der Waals surface area contributed by atoms with E-state index in [1.54, 1.807) is 30.3 Å². The van der Waals surface area contributed by atoms with E-state index >= 15 is 0 Å². The van der Waals surface area contributed by atoms with Crippen molar-refractivity contribution in [1.82, 2.24) is 10.2 Å². The summed E-state index contributed by atoms with van der Waals surface area (Å²) in [7, 11) is 3.57. The van der Waals surface area contributed by atoms with Gasteiger partial charge in [-0.1, -0.05) is 35.9 Å². The molecule has 0 saturated heterocycles. The smallest absolute Gasteiger partial charge is 0.407 e. The lowest BCUT2D eigenvalue weighted by Crippen LogP contribution is -2.33. The molecule has 0 atom stereocenters. The summed E-state index contributed by atoms with van der Waals surface area (Å²) < 4.78 is 6.43. The monoisotopic (exact) mass is 452 g/mol. The molecular formula is C26H32N2O3S. The van der Waals surface area contributed by atoms with Gasteiger partial charge in [-0.15, -0.1) is 11.3 Å². The van der Waals surface area contributed by atoms with Gasteiger partial charge in [-0.2, -0.15) is 0 Å². The van der Waals surface area contributed by atoms with Crippen molar-refractivity contribution >= 4 is 33.4 Å². The lowest BCUT2D eigenvalue weighted by molar-refractivity contribution is 0.0528. The van der Waals surface area contributed by atoms with Gasteiger partial charge in [-0.3, -0.25) is 4.79 Å². The van der Waals surface area contributed by atoms with Gasteiger partial charge in [-0.05, 0) is 63.8 Å². The number of nitrogens with zero attached hydrogens (tertiary/aromatic N) is 1. The number of thiophene rings is 1. The molecule has 1 N–H and O–H groups in total. The minimum atomic E-state index is -0.506. The van der Waals surface area contributed by atoms with Crippen molar-refractivity contribution in [3.05, 3.63) is 58.0 Å². The quantitative estimate of drug-likeness (QED) is 0.520. The molecular weight excluding hydrogens is 420 g/mol. The number of fused-ring (bicyclic) bond motifs is 1. The van der Waals surface area contributed by atoms with Gasteiger partial charge in [-0.25, -0.2) is 4.79 Å². The van der Waals surface area contributed by atoms with E-state index in [0.29, 0.717) is 13.0 Å². The summed E-state index contributed by atoms with van der Waals surface area (Å²) in [6.07, 6.45) is 0.294. The molecule has 3 rings (SSSR count). The summed E-state index contributed by atoms with van der Waals surface area (Å²) in [6.45, 7) is 10.2. The molecule has 1 aromatic heterocycles. The molecule has 0 unspecified atom stereocenters. The standard InChI is InChI=1S/C26H32N2O3S/c1-16-14-17(2)22-20(15-16)21(23(32-22)24(29)28(6)7)19-10-8-18(9-11-19)12-13-27-25(30)31-26(3,4)5/h8-11,14-15H,12-13H2,1-7H3,(H,27,30). The number of ether oxygens (including phenoxy) is 1. The maximum absolute atomic E-state index is 13.0. The molecule has 2 aromatic carbocycles. The molecule has 3 aromatic rings. The Labute approximate surface area is 194 Å². The van der Waals surface area contributed by atoms with Crippen LogP contribution >= 0.6 is 11.3 Å². The molecule has 32 heavy (non-hydrogen) atoms. The Kier molecular flexibility index (Phi) is 6.94. The number of hydrogen-bond acceptors (Lipinski definition) is 4. The molecule has 0 bridgehead atoms. The second-order valence-corrected chi connectivity index (χ2v) is 10.4. The zero-order chi connectivity index (χ0) is 23.6. The molecule has 170 valence electrons. The molecule has 5 nitrogen and oxygen atoms in total. The summed E-state index contributed by atoms with van der Waals surface area (Å²) >= 11 is 1.56. The Hall–Kier alpha value is -2.86. The van der Waals surface area contributed by atoms with E-state index in [9.17, 15) is 9.59 Å². The number of hydrogen-bond donors (Lipinski definition) is 1. The van der Waals surface area contributed by atoms with Crippen LogP contribution in [-0.4, -0.2) is 43.1 Å². The number of alkyl carbamates (subject to hydrolysis) is 1. The van der Waals surface area contributed by atoms with Crippen LogP contribution < -0.4 is 5.32 Å². The normalized spacial score (nSPS) is 11.5. The van der Waals surface area contributed by atoms with Crippen molar-refractivity contribution in [2.75, 3.05) is 20.6 Å². The van der Waals surface area contributed by atoms with Gasteiger partial charge in [0.2, 0.25) is 0 Å². The number of aryl methyl sites for hydroxylation is 2. The third kappa shape index (κ3) is 5.49. The summed E-state index contributed by atoms with van der Waals surface area (Å²) in [5, 5.41) is 3.92. The molecule has 0 aliphatic carbocycles. The average Bonchev–Trinajstić information content (AvgIpc) is 3.06. The number of rotatable bonds is 5. The fraction of sp³-hybridized carbons (Fsp3) is 0.385. The van der Waals surface area contributed by atoms with Crippen molar-refractivity contribution in [3.8, 4) is 11.1 Å². The second-order valence-electron chi connectivity index (χ2n) is 9.34. The van der Waals surface area contributed by atoms with E-state index in [0.717, 1.165) is 31.7 Å². The van der Waals surface area contributed by atoms with Crippen LogP contribution in [0.2, 0.25) is 0 Å². The van der Waals surface area contributed by atoms with Gasteiger partial charge in [0, 0.05) is 36.3 Å². The predicted molar refractivity (Wildman–Crippen MR) is 133 cm³/mol. The first kappa shape index (κ1) is 23.8. The first-order chi connectivity index (χ1) is 15.0. The highest BCUT2D eigenvalue weighted by Gasteiger charge is 2.22. The Balaban J connectivity index is 1.86. The molecule has 1 heterocycles. The van der Waals surface area contributed by atoms with E-state index in [4.69, 9.17) is 4.74 Å². The topological polar surface area (TPSA) is 58.6 Å². The fourth-order valence-corrected chi connectivity index (χ4v) is 4.95. The molecule has 0 aliphatic rings. The number of amides is 2. The van der Waals surface area contributed by atoms with Crippen LogP contribution in [0.4, 0.5) is 4.79 Å². The van der Waals surface area contributed by atoms with Crippen LogP contribution in [0.15, 0.2) is 36.4 Å². The average molecular weight is 453 g/mol. The van der Waals surface area contributed by atoms with E-state index in [2.05, 4.69) is 55.6 Å². The molecule has 0 radical (unpaired) electrons. The van der Waals surface area contributed by atoms with Crippen molar-refractivity contribution < 1.29 is 14.3 Å². The lowest BCUT2D eigenvalue weighted by atomic mass is 9.97. The predicted octanol–water partition coefficient (Wildman–Crippen LogP) is 5.95. The fourth-order valence-electron chi connectivity index (χ4n) is 3.65. The Morgan fingerprint density at radius 3 is 2.31 bits per heavy atom. The van der Waals surface area contributed by atoms with Crippen LogP contribution in [0.5, 0.6) is 0 Å². The largest absolute Gasteiger partial charge is 0.444 e. The first-order valence-electron chi connectivity index (χ1n) is 10.8. The molecule has 6 heteroatoms. The van der Waals surface area contributed by atoms with Gasteiger partial charge in [0.05, 0.1) is 0 Å². The number of benzene rings is 2. The van der Waals surface area contributed by atoms with Gasteiger partial charge in [0.1, 0.15) is 10.5 Å². The highest BCUT2D eigenvalue weighted by molar-refractivity contribution is 7.21. The zero-order valence-electron chi connectivity index (χ0n) is 20.0. The SMILES string of the molecule is Cc1cc(C)c2sc(C(=O)N(C)C)c(-c3ccc(CCNC(=O)OC(C)(C)C)cc3)c2c1. The third-order valence-corrected chi connectivity index (χ3v) is 6.37. The molecule has 0 aliphatic heterocycles. The van der Waals surface area contributed by atoms with E-state index in [1.807, 2.05) is 20.8 Å². The van der Waals surface area contributed by atoms with Gasteiger partial charge in [0.25, 0.3) is 5.91 Å². The van der Waals surface area contributed by atoms with E-state index < -0.39 is 11.7 Å². The molecule has 2 amide bonds. The van der Waals surface area contributed by atoms with Crippen molar-refractivity contribution in [2.24, 2.45) is 0 Å². The summed E-state index contributed by atoms with van der Waals surface area (Å²) in [4.78, 5) is 27.2. The molecule has 0 saturated carbocycles. The minimum Gasteiger partial charge on any atom is -0.444 e. The highest BCUT2D eigenvalue weighted by atomic mass is 32.1. The Morgan fingerprint density at radius 2 is 1.72 bits per heavy atom. The number of nitrogens with one attached hydrogen (secondary N) is 1. The summed E-state index contributed by atoms with van der Waals surface area (Å²) in [5.74, 6) is 0.0175. The van der Waals surface area contributed by atoms with Crippen molar-refractivity contribution in [1.29, 1.82) is 0 Å². The van der Waals surface area contributed by atoms with Crippen LogP contribution in [0, 0.1) is 13.8 Å². The summed E-state index contributed by atoms with van der Waals surface area (Å²) in [5.41, 5.74) is 4.99. The maximum atomic E-state index is 13.0. The van der Waals surface area contributed by atoms with Crippen LogP contribution in [0.1, 0.15) is 47.1 Å². The Morgan fingerprint density at radius 1 is 1.06 bits per heavy atom. The van der Waals surface area contributed by atoms with Crippen LogP contribution in [-0.2, 0) is 11.2 Å². The number of carbonyl (C=O) groups is 2. The molecule has 0 spiro atoms. The van der Waals surface area contributed by atoms with Gasteiger partial charge in [0.15, 0.2) is 0 Å². The van der Waals surface area contributed by atoms with Crippen molar-refractivity contribution in [2.45, 2.75) is 46.6 Å². The van der Waals surface area contributed by atoms with E-state index in [-0.39, 0.29) is 5.91 Å². The second kappa shape index (κ2) is 9.33. The summed E-state index contributed by atoms with van der Waals surface area (Å²) in [6, 6.07) is 12.6. The van der Waals surface area contributed by atoms with Gasteiger partial charge < -0.3 is 15.0 Å². The molecule has 0 fully saturated rings. The maximum Gasteiger partial charge on any atom is 0.407 e. The van der Waals surface area contributed by atoms with Gasteiger partial charge >= 0.3 is 6.09 Å². The van der Waals surface area contributed by atoms with Crippen LogP contribution in [0.3, 0.4) is 0 Å². The lowest BCUT2D eigenvalue weighted by Gasteiger charge is -2.19. The van der Waals surface area contributed by atoms with Crippen LogP contribution in [0.25, 0.3) is 21.2 Å². The number of carbonyl (C=O) groups excluding carboxylic acids is 2. The first-order valence-corrected chi connectivity index (χ1v) is 11.6. The van der Waals surface area contributed by atoms with Crippen molar-refractivity contribution in [3.63, 3.8) is 0 Å². The van der Waals surface area contributed by atoms with E-state index in [1.165, 1.54) is 11.1 Å². The third-order valence-electron chi connectivity index (χ3n) is 5.04. The zero-order valence-corrected chi connectivity index (χ0v) is 20.8. The Bertz CT molecular complexity index is 1140. The highest BCUT2D eigenvalue weighted by Crippen LogP contribution is 2.41. The minimum absolute atomic E-state index is 0.0175.